The number of hydrogen-bond acceptors (Lipinski definition) is 3. The number of carbonyl (C=O) groups excluding carboxylic acids is 2. The largest absolute Gasteiger partial charge is 0.353 e. The molecule has 0 heterocycles. The van der Waals surface area contributed by atoms with E-state index in [1.807, 2.05) is 32.0 Å². The first-order valence-electron chi connectivity index (χ1n) is 5.52. The van der Waals surface area contributed by atoms with Crippen molar-refractivity contribution in [3.8, 4) is 0 Å². The summed E-state index contributed by atoms with van der Waals surface area (Å²) in [6, 6.07) is 7.49. The molecular formula is C13H17NO2S. The van der Waals surface area contributed by atoms with Gasteiger partial charge in [0.2, 0.25) is 5.91 Å². The fourth-order valence-electron chi connectivity index (χ4n) is 1.32. The van der Waals surface area contributed by atoms with Crippen molar-refractivity contribution in [2.75, 3.05) is 5.75 Å². The Labute approximate surface area is 106 Å². The lowest BCUT2D eigenvalue weighted by atomic mass is 10.2. The molecule has 1 rings (SSSR count). The van der Waals surface area contributed by atoms with Gasteiger partial charge < -0.3 is 5.32 Å². The summed E-state index contributed by atoms with van der Waals surface area (Å²) in [7, 11) is 0. The van der Waals surface area contributed by atoms with Crippen LogP contribution in [0.1, 0.15) is 31.1 Å². The van der Waals surface area contributed by atoms with Gasteiger partial charge in [-0.2, -0.15) is 0 Å². The van der Waals surface area contributed by atoms with Crippen LogP contribution < -0.4 is 5.32 Å². The van der Waals surface area contributed by atoms with Gasteiger partial charge in [0.05, 0.1) is 5.75 Å². The molecule has 0 radical (unpaired) electrons. The van der Waals surface area contributed by atoms with Gasteiger partial charge in [0.1, 0.15) is 0 Å². The fraction of sp³-hybridized carbons (Fsp3) is 0.385. The molecule has 92 valence electrons. The fourth-order valence-corrected chi connectivity index (χ4v) is 2.08. The highest BCUT2D eigenvalue weighted by Gasteiger charge is 2.05. The smallest absolute Gasteiger partial charge is 0.230 e. The molecule has 0 bridgehead atoms. The van der Waals surface area contributed by atoms with Crippen LogP contribution in [0.5, 0.6) is 0 Å². The molecule has 1 N–H and O–H groups in total. The molecular weight excluding hydrogens is 234 g/mol. The third-order valence-electron chi connectivity index (χ3n) is 2.06. The zero-order valence-corrected chi connectivity index (χ0v) is 11.1. The van der Waals surface area contributed by atoms with Crippen molar-refractivity contribution < 1.29 is 9.59 Å². The van der Waals surface area contributed by atoms with Crippen molar-refractivity contribution in [2.45, 2.75) is 31.7 Å². The van der Waals surface area contributed by atoms with Crippen LogP contribution in [0, 0.1) is 0 Å². The number of carbonyl (C=O) groups is 2. The Morgan fingerprint density at radius 3 is 2.65 bits per heavy atom. The lowest BCUT2D eigenvalue weighted by molar-refractivity contribution is -0.119. The van der Waals surface area contributed by atoms with Gasteiger partial charge >= 0.3 is 0 Å². The van der Waals surface area contributed by atoms with Crippen LogP contribution in [0.3, 0.4) is 0 Å². The van der Waals surface area contributed by atoms with Crippen molar-refractivity contribution in [1.82, 2.24) is 5.32 Å². The van der Waals surface area contributed by atoms with Gasteiger partial charge in [-0.15, -0.1) is 11.8 Å². The second kappa shape index (κ2) is 6.45. The molecule has 1 aromatic carbocycles. The Morgan fingerprint density at radius 1 is 1.35 bits per heavy atom. The summed E-state index contributed by atoms with van der Waals surface area (Å²) in [6.07, 6.45) is 0. The lowest BCUT2D eigenvalue weighted by Crippen LogP contribution is -2.31. The van der Waals surface area contributed by atoms with Gasteiger partial charge in [-0.05, 0) is 32.9 Å². The molecule has 0 saturated carbocycles. The molecule has 1 amide bonds. The molecule has 4 heteroatoms. The van der Waals surface area contributed by atoms with Crippen LogP contribution in [0.4, 0.5) is 0 Å². The SMILES string of the molecule is CC(=O)c1cccc(SCC(=O)NC(C)C)c1. The Morgan fingerprint density at radius 2 is 2.06 bits per heavy atom. The van der Waals surface area contributed by atoms with Crippen molar-refractivity contribution in [1.29, 1.82) is 0 Å². The van der Waals surface area contributed by atoms with Crippen LogP contribution in [0.2, 0.25) is 0 Å². The second-order valence-electron chi connectivity index (χ2n) is 4.09. The van der Waals surface area contributed by atoms with Gasteiger partial charge in [-0.1, -0.05) is 12.1 Å². The van der Waals surface area contributed by atoms with E-state index in [9.17, 15) is 9.59 Å². The van der Waals surface area contributed by atoms with Crippen molar-refractivity contribution in [3.05, 3.63) is 29.8 Å². The van der Waals surface area contributed by atoms with Crippen LogP contribution in [-0.4, -0.2) is 23.5 Å². The normalized spacial score (nSPS) is 10.4. The molecule has 0 aliphatic rings. The average molecular weight is 251 g/mol. The minimum atomic E-state index is 0.0122. The van der Waals surface area contributed by atoms with E-state index in [4.69, 9.17) is 0 Å². The maximum atomic E-state index is 11.4. The number of thioether (sulfide) groups is 1. The highest BCUT2D eigenvalue weighted by atomic mass is 32.2. The van der Waals surface area contributed by atoms with Gasteiger partial charge in [0, 0.05) is 16.5 Å². The van der Waals surface area contributed by atoms with Gasteiger partial charge in [-0.25, -0.2) is 0 Å². The summed E-state index contributed by atoms with van der Waals surface area (Å²) < 4.78 is 0. The molecule has 17 heavy (non-hydrogen) atoms. The van der Waals surface area contributed by atoms with Crippen LogP contribution in [0.25, 0.3) is 0 Å². The van der Waals surface area contributed by atoms with Gasteiger partial charge in [-0.3, -0.25) is 9.59 Å². The number of amides is 1. The van der Waals surface area contributed by atoms with Gasteiger partial charge in [0.15, 0.2) is 5.78 Å². The number of ketones is 1. The first-order valence-corrected chi connectivity index (χ1v) is 6.50. The molecule has 0 spiro atoms. The third-order valence-corrected chi connectivity index (χ3v) is 3.05. The van der Waals surface area contributed by atoms with E-state index in [2.05, 4.69) is 5.32 Å². The van der Waals surface area contributed by atoms with E-state index in [1.165, 1.54) is 18.7 Å². The van der Waals surface area contributed by atoms with E-state index in [-0.39, 0.29) is 17.7 Å². The van der Waals surface area contributed by atoms with Crippen LogP contribution in [0.15, 0.2) is 29.2 Å². The maximum Gasteiger partial charge on any atom is 0.230 e. The molecule has 1 aromatic rings. The summed E-state index contributed by atoms with van der Waals surface area (Å²) in [6.45, 7) is 5.40. The Hall–Kier alpha value is -1.29. The van der Waals surface area contributed by atoms with E-state index in [0.717, 1.165) is 4.90 Å². The number of nitrogens with one attached hydrogen (secondary N) is 1. The molecule has 0 aliphatic heterocycles. The predicted octanol–water partition coefficient (Wildman–Crippen LogP) is 2.51. The number of benzene rings is 1. The van der Waals surface area contributed by atoms with Crippen LogP contribution >= 0.6 is 11.8 Å². The Bertz CT molecular complexity index is 416. The van der Waals surface area contributed by atoms with E-state index >= 15 is 0 Å². The number of rotatable bonds is 5. The molecule has 0 unspecified atom stereocenters. The monoisotopic (exact) mass is 251 g/mol. The zero-order valence-electron chi connectivity index (χ0n) is 10.3. The highest BCUT2D eigenvalue weighted by Crippen LogP contribution is 2.19. The summed E-state index contributed by atoms with van der Waals surface area (Å²) >= 11 is 1.44. The first-order chi connectivity index (χ1) is 7.99. The Kier molecular flexibility index (Phi) is 5.22. The maximum absolute atomic E-state index is 11.4. The first kappa shape index (κ1) is 13.8. The molecule has 0 fully saturated rings. The van der Waals surface area contributed by atoms with Crippen LogP contribution in [-0.2, 0) is 4.79 Å². The predicted molar refractivity (Wildman–Crippen MR) is 70.4 cm³/mol. The number of Topliss-reactive ketones (excluding diaryl/α,β-unsaturated/α-hetero) is 1. The molecule has 0 saturated heterocycles. The quantitative estimate of drug-likeness (QED) is 0.646. The van der Waals surface area contributed by atoms with Crippen molar-refractivity contribution >= 4 is 23.5 Å². The van der Waals surface area contributed by atoms with E-state index in [0.29, 0.717) is 11.3 Å². The van der Waals surface area contributed by atoms with E-state index < -0.39 is 0 Å². The molecule has 0 aliphatic carbocycles. The van der Waals surface area contributed by atoms with Gasteiger partial charge in [0.25, 0.3) is 0 Å². The standard InChI is InChI=1S/C13H17NO2S/c1-9(2)14-13(16)8-17-12-6-4-5-11(7-12)10(3)15/h4-7,9H,8H2,1-3H3,(H,14,16). The van der Waals surface area contributed by atoms with Crippen molar-refractivity contribution in [2.24, 2.45) is 0 Å². The van der Waals surface area contributed by atoms with E-state index in [1.54, 1.807) is 6.07 Å². The minimum absolute atomic E-state index is 0.0122. The lowest BCUT2D eigenvalue weighted by Gasteiger charge is -2.08. The number of hydrogen-bond donors (Lipinski definition) is 1. The third kappa shape index (κ3) is 5.04. The topological polar surface area (TPSA) is 46.2 Å². The summed E-state index contributed by atoms with van der Waals surface area (Å²) in [5.74, 6) is 0.428. The summed E-state index contributed by atoms with van der Waals surface area (Å²) in [5, 5.41) is 2.82. The molecule has 0 atom stereocenters. The molecule has 0 aromatic heterocycles. The zero-order chi connectivity index (χ0) is 12.8. The summed E-state index contributed by atoms with van der Waals surface area (Å²) in [5.41, 5.74) is 0.680. The average Bonchev–Trinajstić information content (AvgIpc) is 2.26. The summed E-state index contributed by atoms with van der Waals surface area (Å²) in [4.78, 5) is 23.6. The Balaban J connectivity index is 2.54. The minimum Gasteiger partial charge on any atom is -0.353 e. The second-order valence-corrected chi connectivity index (χ2v) is 5.14. The molecule has 3 nitrogen and oxygen atoms in total. The van der Waals surface area contributed by atoms with Crippen molar-refractivity contribution in [3.63, 3.8) is 0 Å². The highest BCUT2D eigenvalue weighted by molar-refractivity contribution is 8.00.